The van der Waals surface area contributed by atoms with E-state index in [1.165, 1.54) is 7.11 Å². The molecule has 1 aromatic rings. The molecular formula is C15H18ClNO3. The molecule has 2 atom stereocenters. The van der Waals surface area contributed by atoms with Crippen molar-refractivity contribution in [1.82, 2.24) is 4.90 Å². The maximum atomic E-state index is 12.3. The number of rotatable bonds is 3. The van der Waals surface area contributed by atoms with Crippen LogP contribution in [-0.4, -0.2) is 37.0 Å². The highest BCUT2D eigenvalue weighted by molar-refractivity contribution is 6.30. The standard InChI is InChI=1S/C15H18ClNO3/c1-10-8-17(9-13(10)15(19)20-2)14(18)7-11-4-3-5-12(16)6-11/h3-6,10,13H,7-9H2,1-2H3. The number of hydrogen-bond donors (Lipinski definition) is 0. The van der Waals surface area contributed by atoms with Crippen LogP contribution in [0.4, 0.5) is 0 Å². The number of carbonyl (C=O) groups is 2. The first kappa shape index (κ1) is 14.9. The van der Waals surface area contributed by atoms with Crippen molar-refractivity contribution in [3.05, 3.63) is 34.9 Å². The Hall–Kier alpha value is -1.55. The molecule has 1 fully saturated rings. The summed E-state index contributed by atoms with van der Waals surface area (Å²) in [6.07, 6.45) is 0.307. The quantitative estimate of drug-likeness (QED) is 0.803. The Kier molecular flexibility index (Phi) is 4.65. The van der Waals surface area contributed by atoms with E-state index in [1.54, 1.807) is 17.0 Å². The highest BCUT2D eigenvalue weighted by Gasteiger charge is 2.37. The van der Waals surface area contributed by atoms with Gasteiger partial charge in [0, 0.05) is 18.1 Å². The molecule has 2 unspecified atom stereocenters. The van der Waals surface area contributed by atoms with Crippen LogP contribution in [0.1, 0.15) is 12.5 Å². The van der Waals surface area contributed by atoms with Gasteiger partial charge in [-0.2, -0.15) is 0 Å². The molecule has 0 radical (unpaired) electrons. The number of amides is 1. The fourth-order valence-electron chi connectivity index (χ4n) is 2.56. The van der Waals surface area contributed by atoms with Gasteiger partial charge in [0.2, 0.25) is 5.91 Å². The minimum atomic E-state index is -0.240. The fraction of sp³-hybridized carbons (Fsp3) is 0.467. The number of esters is 1. The van der Waals surface area contributed by atoms with E-state index in [-0.39, 0.29) is 23.7 Å². The molecule has 0 aliphatic carbocycles. The van der Waals surface area contributed by atoms with Gasteiger partial charge in [0.1, 0.15) is 0 Å². The Morgan fingerprint density at radius 1 is 1.40 bits per heavy atom. The zero-order valence-corrected chi connectivity index (χ0v) is 12.4. The second-order valence-electron chi connectivity index (χ2n) is 5.21. The average Bonchev–Trinajstić information content (AvgIpc) is 2.80. The summed E-state index contributed by atoms with van der Waals surface area (Å²) in [5.41, 5.74) is 0.886. The van der Waals surface area contributed by atoms with Crippen molar-refractivity contribution < 1.29 is 14.3 Å². The summed E-state index contributed by atoms with van der Waals surface area (Å²) >= 11 is 5.91. The van der Waals surface area contributed by atoms with Crippen LogP contribution >= 0.6 is 11.6 Å². The fourth-order valence-corrected chi connectivity index (χ4v) is 2.77. The van der Waals surface area contributed by atoms with Gasteiger partial charge < -0.3 is 9.64 Å². The molecular weight excluding hydrogens is 278 g/mol. The second-order valence-corrected chi connectivity index (χ2v) is 5.65. The van der Waals surface area contributed by atoms with Gasteiger partial charge in [-0.15, -0.1) is 0 Å². The number of likely N-dealkylation sites (tertiary alicyclic amines) is 1. The van der Waals surface area contributed by atoms with Gasteiger partial charge >= 0.3 is 5.97 Å². The van der Waals surface area contributed by atoms with E-state index in [1.807, 2.05) is 19.1 Å². The van der Waals surface area contributed by atoms with E-state index < -0.39 is 0 Å². The van der Waals surface area contributed by atoms with Crippen LogP contribution < -0.4 is 0 Å². The Balaban J connectivity index is 1.99. The Labute approximate surface area is 123 Å². The lowest BCUT2D eigenvalue weighted by molar-refractivity contribution is -0.146. The van der Waals surface area contributed by atoms with Crippen molar-refractivity contribution >= 4 is 23.5 Å². The number of carbonyl (C=O) groups excluding carboxylic acids is 2. The molecule has 1 saturated heterocycles. The van der Waals surface area contributed by atoms with Crippen LogP contribution in [0.15, 0.2) is 24.3 Å². The molecule has 5 heteroatoms. The largest absolute Gasteiger partial charge is 0.469 e. The zero-order valence-electron chi connectivity index (χ0n) is 11.6. The number of methoxy groups -OCH3 is 1. The monoisotopic (exact) mass is 295 g/mol. The van der Waals surface area contributed by atoms with Gasteiger partial charge in [0.25, 0.3) is 0 Å². The minimum absolute atomic E-state index is 0.0190. The molecule has 0 spiro atoms. The van der Waals surface area contributed by atoms with Gasteiger partial charge in [0.15, 0.2) is 0 Å². The van der Waals surface area contributed by atoms with Crippen LogP contribution in [0.25, 0.3) is 0 Å². The van der Waals surface area contributed by atoms with Gasteiger partial charge in [0.05, 0.1) is 19.4 Å². The maximum absolute atomic E-state index is 12.3. The van der Waals surface area contributed by atoms with Crippen molar-refractivity contribution in [3.63, 3.8) is 0 Å². The molecule has 0 bridgehead atoms. The van der Waals surface area contributed by atoms with E-state index in [0.717, 1.165) is 5.56 Å². The van der Waals surface area contributed by atoms with E-state index in [2.05, 4.69) is 0 Å². The summed E-state index contributed by atoms with van der Waals surface area (Å²) in [6, 6.07) is 7.27. The summed E-state index contributed by atoms with van der Waals surface area (Å²) < 4.78 is 4.77. The first-order chi connectivity index (χ1) is 9.51. The molecule has 0 aromatic heterocycles. The van der Waals surface area contributed by atoms with Gasteiger partial charge in [-0.1, -0.05) is 30.7 Å². The summed E-state index contributed by atoms with van der Waals surface area (Å²) in [4.78, 5) is 25.6. The predicted molar refractivity (Wildman–Crippen MR) is 76.4 cm³/mol. The predicted octanol–water partition coefficient (Wildman–Crippen LogP) is 2.15. The van der Waals surface area contributed by atoms with Crippen molar-refractivity contribution in [2.75, 3.05) is 20.2 Å². The molecule has 0 N–H and O–H groups in total. The average molecular weight is 296 g/mol. The molecule has 1 aliphatic rings. The molecule has 0 saturated carbocycles. The SMILES string of the molecule is COC(=O)C1CN(C(=O)Cc2cccc(Cl)c2)CC1C. The van der Waals surface area contributed by atoms with Crippen LogP contribution in [-0.2, 0) is 20.7 Å². The topological polar surface area (TPSA) is 46.6 Å². The second kappa shape index (κ2) is 6.27. The lowest BCUT2D eigenvalue weighted by Crippen LogP contribution is -2.31. The van der Waals surface area contributed by atoms with Crippen LogP contribution in [0, 0.1) is 11.8 Å². The molecule has 2 rings (SSSR count). The number of halogens is 1. The first-order valence-corrected chi connectivity index (χ1v) is 6.99. The third-order valence-electron chi connectivity index (χ3n) is 3.71. The van der Waals surface area contributed by atoms with Crippen molar-refractivity contribution in [2.45, 2.75) is 13.3 Å². The van der Waals surface area contributed by atoms with Crippen molar-refractivity contribution in [1.29, 1.82) is 0 Å². The molecule has 1 heterocycles. The van der Waals surface area contributed by atoms with Crippen molar-refractivity contribution in [3.8, 4) is 0 Å². The molecule has 20 heavy (non-hydrogen) atoms. The highest BCUT2D eigenvalue weighted by Crippen LogP contribution is 2.25. The molecule has 4 nitrogen and oxygen atoms in total. The van der Waals surface area contributed by atoms with E-state index >= 15 is 0 Å². The van der Waals surface area contributed by atoms with Gasteiger partial charge in [-0.3, -0.25) is 9.59 Å². The highest BCUT2D eigenvalue weighted by atomic mass is 35.5. The number of nitrogens with zero attached hydrogens (tertiary/aromatic N) is 1. The third kappa shape index (κ3) is 3.31. The summed E-state index contributed by atoms with van der Waals surface area (Å²) in [5.74, 6) is -0.310. The minimum Gasteiger partial charge on any atom is -0.469 e. The number of ether oxygens (including phenoxy) is 1. The summed E-state index contributed by atoms with van der Waals surface area (Å²) in [6.45, 7) is 3.00. The normalized spacial score (nSPS) is 21.9. The van der Waals surface area contributed by atoms with Gasteiger partial charge in [-0.05, 0) is 23.6 Å². The van der Waals surface area contributed by atoms with Crippen LogP contribution in [0.3, 0.4) is 0 Å². The Morgan fingerprint density at radius 3 is 2.80 bits per heavy atom. The zero-order chi connectivity index (χ0) is 14.7. The van der Waals surface area contributed by atoms with Crippen LogP contribution in [0.5, 0.6) is 0 Å². The molecule has 1 aromatic carbocycles. The molecule has 1 aliphatic heterocycles. The lowest BCUT2D eigenvalue weighted by Gasteiger charge is -2.16. The first-order valence-electron chi connectivity index (χ1n) is 6.61. The number of benzene rings is 1. The van der Waals surface area contributed by atoms with Crippen LogP contribution in [0.2, 0.25) is 5.02 Å². The Morgan fingerprint density at radius 2 is 2.15 bits per heavy atom. The van der Waals surface area contributed by atoms with E-state index in [0.29, 0.717) is 24.5 Å². The third-order valence-corrected chi connectivity index (χ3v) is 3.95. The smallest absolute Gasteiger partial charge is 0.310 e. The number of hydrogen-bond acceptors (Lipinski definition) is 3. The van der Waals surface area contributed by atoms with E-state index in [9.17, 15) is 9.59 Å². The van der Waals surface area contributed by atoms with Gasteiger partial charge in [-0.25, -0.2) is 0 Å². The summed E-state index contributed by atoms with van der Waals surface area (Å²) in [7, 11) is 1.38. The lowest BCUT2D eigenvalue weighted by atomic mass is 9.99. The maximum Gasteiger partial charge on any atom is 0.310 e. The Bertz CT molecular complexity index is 518. The summed E-state index contributed by atoms with van der Waals surface area (Å²) in [5, 5.41) is 0.623. The van der Waals surface area contributed by atoms with E-state index in [4.69, 9.17) is 16.3 Å². The molecule has 108 valence electrons. The molecule has 1 amide bonds. The van der Waals surface area contributed by atoms with Crippen molar-refractivity contribution in [2.24, 2.45) is 11.8 Å².